The minimum absolute atomic E-state index is 0.146. The van der Waals surface area contributed by atoms with Gasteiger partial charge in [-0.05, 0) is 17.5 Å². The molecule has 1 aliphatic heterocycles. The molecule has 2 aromatic carbocycles. The van der Waals surface area contributed by atoms with Gasteiger partial charge in [0.05, 0.1) is 6.61 Å². The average Bonchev–Trinajstić information content (AvgIpc) is 2.61. The van der Waals surface area contributed by atoms with Gasteiger partial charge in [-0.2, -0.15) is 0 Å². The Morgan fingerprint density at radius 3 is 2.45 bits per heavy atom. The topological polar surface area (TPSA) is 32.7 Å². The van der Waals surface area contributed by atoms with E-state index in [1.54, 1.807) is 0 Å². The van der Waals surface area contributed by atoms with Crippen molar-refractivity contribution in [1.82, 2.24) is 4.90 Å². The molecule has 22 heavy (non-hydrogen) atoms. The van der Waals surface area contributed by atoms with E-state index in [0.29, 0.717) is 6.61 Å². The van der Waals surface area contributed by atoms with Crippen LogP contribution >= 0.6 is 0 Å². The summed E-state index contributed by atoms with van der Waals surface area (Å²) >= 11 is 0. The van der Waals surface area contributed by atoms with Crippen LogP contribution in [-0.2, 0) is 11.2 Å². The summed E-state index contributed by atoms with van der Waals surface area (Å²) in [6.07, 6.45) is 0.335. The van der Waals surface area contributed by atoms with Crippen LogP contribution in [0.25, 0.3) is 0 Å². The van der Waals surface area contributed by atoms with Gasteiger partial charge in [-0.15, -0.1) is 0 Å². The highest BCUT2D eigenvalue weighted by molar-refractivity contribution is 5.19. The number of hydrogen-bond donors (Lipinski definition) is 1. The number of hydrogen-bond acceptors (Lipinski definition) is 3. The van der Waals surface area contributed by atoms with Crippen LogP contribution in [0.4, 0.5) is 0 Å². The van der Waals surface area contributed by atoms with Crippen molar-refractivity contribution in [2.45, 2.75) is 18.6 Å². The first kappa shape index (κ1) is 15.2. The van der Waals surface area contributed by atoms with Crippen LogP contribution in [0.2, 0.25) is 0 Å². The largest absolute Gasteiger partial charge is 0.386 e. The minimum atomic E-state index is -0.555. The van der Waals surface area contributed by atoms with Gasteiger partial charge in [0, 0.05) is 19.6 Å². The van der Waals surface area contributed by atoms with Crippen molar-refractivity contribution in [2.24, 2.45) is 0 Å². The van der Waals surface area contributed by atoms with Gasteiger partial charge in [0.25, 0.3) is 0 Å². The van der Waals surface area contributed by atoms with Gasteiger partial charge in [0.2, 0.25) is 0 Å². The van der Waals surface area contributed by atoms with Gasteiger partial charge in [-0.3, -0.25) is 4.90 Å². The third-order valence-electron chi connectivity index (χ3n) is 4.23. The molecule has 0 aliphatic carbocycles. The summed E-state index contributed by atoms with van der Waals surface area (Å²) in [5, 5.41) is 10.5. The lowest BCUT2D eigenvalue weighted by Gasteiger charge is -2.35. The molecule has 3 rings (SSSR count). The van der Waals surface area contributed by atoms with E-state index in [1.807, 2.05) is 36.4 Å². The molecule has 0 radical (unpaired) electrons. The first-order valence-electron chi connectivity index (χ1n) is 7.94. The maximum absolute atomic E-state index is 10.5. The monoisotopic (exact) mass is 297 g/mol. The summed E-state index contributed by atoms with van der Waals surface area (Å²) in [6.45, 7) is 3.41. The predicted octanol–water partition coefficient (Wildman–Crippen LogP) is 2.66. The lowest BCUT2D eigenvalue weighted by Crippen LogP contribution is -2.45. The van der Waals surface area contributed by atoms with Crippen molar-refractivity contribution in [3.63, 3.8) is 0 Å². The SMILES string of the molecule is O[C@H](c1ccccc1)[C@@H]1CN(CCc2ccccc2)CCO1. The summed E-state index contributed by atoms with van der Waals surface area (Å²) < 4.78 is 5.78. The molecule has 1 saturated heterocycles. The lowest BCUT2D eigenvalue weighted by atomic mass is 10.0. The second-order valence-corrected chi connectivity index (χ2v) is 5.80. The number of rotatable bonds is 5. The molecule has 1 aliphatic rings. The highest BCUT2D eigenvalue weighted by Gasteiger charge is 2.27. The summed E-state index contributed by atoms with van der Waals surface area (Å²) in [4.78, 5) is 2.38. The van der Waals surface area contributed by atoms with Crippen LogP contribution in [0.15, 0.2) is 60.7 Å². The maximum atomic E-state index is 10.5. The molecular weight excluding hydrogens is 274 g/mol. The molecule has 1 N–H and O–H groups in total. The molecule has 2 aromatic rings. The fourth-order valence-electron chi connectivity index (χ4n) is 2.92. The molecule has 0 unspecified atom stereocenters. The van der Waals surface area contributed by atoms with Gasteiger partial charge >= 0.3 is 0 Å². The Bertz CT molecular complexity index is 558. The molecule has 0 amide bonds. The summed E-state index contributed by atoms with van der Waals surface area (Å²) in [7, 11) is 0. The highest BCUT2D eigenvalue weighted by atomic mass is 16.5. The third kappa shape index (κ3) is 3.95. The van der Waals surface area contributed by atoms with Crippen LogP contribution in [0.1, 0.15) is 17.2 Å². The lowest BCUT2D eigenvalue weighted by molar-refractivity contribution is -0.0896. The fraction of sp³-hybridized carbons (Fsp3) is 0.368. The second-order valence-electron chi connectivity index (χ2n) is 5.80. The highest BCUT2D eigenvalue weighted by Crippen LogP contribution is 2.22. The van der Waals surface area contributed by atoms with Crippen molar-refractivity contribution in [1.29, 1.82) is 0 Å². The van der Waals surface area contributed by atoms with Crippen LogP contribution in [0.5, 0.6) is 0 Å². The maximum Gasteiger partial charge on any atom is 0.106 e. The number of aliphatic hydroxyl groups is 1. The fourth-order valence-corrected chi connectivity index (χ4v) is 2.92. The standard InChI is InChI=1S/C19H23NO2/c21-19(17-9-5-2-6-10-17)18-15-20(13-14-22-18)12-11-16-7-3-1-4-8-16/h1-10,18-19,21H,11-15H2/t18-,19+/m0/s1. The Morgan fingerprint density at radius 2 is 1.73 bits per heavy atom. The van der Waals surface area contributed by atoms with Crippen LogP contribution in [-0.4, -0.2) is 42.4 Å². The molecule has 0 spiro atoms. The first-order chi connectivity index (χ1) is 10.8. The number of morpholine rings is 1. The molecule has 0 bridgehead atoms. The van der Waals surface area contributed by atoms with E-state index >= 15 is 0 Å². The van der Waals surface area contributed by atoms with Gasteiger partial charge in [-0.25, -0.2) is 0 Å². The molecule has 0 aromatic heterocycles. The Balaban J connectivity index is 1.55. The van der Waals surface area contributed by atoms with Gasteiger partial charge in [0.1, 0.15) is 12.2 Å². The zero-order chi connectivity index (χ0) is 15.2. The normalized spacial score (nSPS) is 20.7. The predicted molar refractivity (Wildman–Crippen MR) is 87.7 cm³/mol. The van der Waals surface area contributed by atoms with E-state index in [0.717, 1.165) is 31.6 Å². The molecule has 3 heteroatoms. The van der Waals surface area contributed by atoms with Crippen LogP contribution in [0.3, 0.4) is 0 Å². The minimum Gasteiger partial charge on any atom is -0.386 e. The van der Waals surface area contributed by atoms with Crippen LogP contribution in [0, 0.1) is 0 Å². The van der Waals surface area contributed by atoms with Gasteiger partial charge in [0.15, 0.2) is 0 Å². The first-order valence-corrected chi connectivity index (χ1v) is 7.94. The van der Waals surface area contributed by atoms with Crippen molar-refractivity contribution >= 4 is 0 Å². The van der Waals surface area contributed by atoms with Crippen molar-refractivity contribution in [2.75, 3.05) is 26.2 Å². The molecule has 1 heterocycles. The Morgan fingerprint density at radius 1 is 1.05 bits per heavy atom. The van der Waals surface area contributed by atoms with E-state index in [1.165, 1.54) is 5.56 Å². The summed E-state index contributed by atoms with van der Waals surface area (Å²) in [5.41, 5.74) is 2.28. The van der Waals surface area contributed by atoms with E-state index in [9.17, 15) is 5.11 Å². The zero-order valence-corrected chi connectivity index (χ0v) is 12.8. The second kappa shape index (κ2) is 7.54. The number of ether oxygens (including phenoxy) is 1. The Hall–Kier alpha value is -1.68. The summed E-state index contributed by atoms with van der Waals surface area (Å²) in [5.74, 6) is 0. The number of aliphatic hydroxyl groups excluding tert-OH is 1. The van der Waals surface area contributed by atoms with Gasteiger partial charge < -0.3 is 9.84 Å². The third-order valence-corrected chi connectivity index (χ3v) is 4.23. The van der Waals surface area contributed by atoms with Crippen LogP contribution < -0.4 is 0 Å². The molecule has 1 fully saturated rings. The average molecular weight is 297 g/mol. The van der Waals surface area contributed by atoms with Crippen molar-refractivity contribution in [3.05, 3.63) is 71.8 Å². The number of nitrogens with zero attached hydrogens (tertiary/aromatic N) is 1. The smallest absolute Gasteiger partial charge is 0.106 e. The quantitative estimate of drug-likeness (QED) is 0.921. The summed E-state index contributed by atoms with van der Waals surface area (Å²) in [6, 6.07) is 20.3. The van der Waals surface area contributed by atoms with E-state index in [2.05, 4.69) is 29.2 Å². The Labute approximate surface area is 132 Å². The van der Waals surface area contributed by atoms with E-state index in [4.69, 9.17) is 4.74 Å². The molecule has 0 saturated carbocycles. The van der Waals surface area contributed by atoms with Gasteiger partial charge in [-0.1, -0.05) is 60.7 Å². The van der Waals surface area contributed by atoms with E-state index < -0.39 is 6.10 Å². The van der Waals surface area contributed by atoms with Crippen molar-refractivity contribution < 1.29 is 9.84 Å². The number of benzene rings is 2. The van der Waals surface area contributed by atoms with E-state index in [-0.39, 0.29) is 6.10 Å². The molecule has 3 nitrogen and oxygen atoms in total. The molecular formula is C19H23NO2. The zero-order valence-electron chi connectivity index (χ0n) is 12.8. The molecule has 2 atom stereocenters. The molecule has 116 valence electrons. The Kier molecular flexibility index (Phi) is 5.22. The van der Waals surface area contributed by atoms with Crippen molar-refractivity contribution in [3.8, 4) is 0 Å².